The molecular weight excluding hydrogens is 381 g/mol. The van der Waals surface area contributed by atoms with Crippen molar-refractivity contribution in [2.75, 3.05) is 5.32 Å². The zero-order chi connectivity index (χ0) is 20.6. The summed E-state index contributed by atoms with van der Waals surface area (Å²) >= 11 is 0. The molecule has 0 spiro atoms. The zero-order valence-corrected chi connectivity index (χ0v) is 15.4. The lowest BCUT2D eigenvalue weighted by Gasteiger charge is -2.15. The topological polar surface area (TPSA) is 59.8 Å². The third-order valence-electron chi connectivity index (χ3n) is 4.73. The van der Waals surface area contributed by atoms with Crippen LogP contribution in [0.2, 0.25) is 0 Å². The van der Waals surface area contributed by atoms with Gasteiger partial charge in [0.1, 0.15) is 5.52 Å². The van der Waals surface area contributed by atoms with E-state index in [1.807, 2.05) is 37.3 Å². The smallest absolute Gasteiger partial charge is 0.296 e. The Morgan fingerprint density at radius 1 is 1.24 bits per heavy atom. The number of nitrogens with one attached hydrogen (secondary N) is 1. The lowest BCUT2D eigenvalue weighted by atomic mass is 9.98. The summed E-state index contributed by atoms with van der Waals surface area (Å²) in [4.78, 5) is 20.7. The van der Waals surface area contributed by atoms with Crippen molar-refractivity contribution in [1.29, 1.82) is 0 Å². The van der Waals surface area contributed by atoms with Crippen molar-refractivity contribution < 1.29 is 18.0 Å². The molecule has 1 atom stereocenters. The van der Waals surface area contributed by atoms with Crippen LogP contribution in [0.15, 0.2) is 60.8 Å². The molecule has 0 fully saturated rings. The van der Waals surface area contributed by atoms with Gasteiger partial charge in [-0.3, -0.25) is 14.7 Å². The van der Waals surface area contributed by atoms with Crippen molar-refractivity contribution in [3.63, 3.8) is 0 Å². The van der Waals surface area contributed by atoms with Crippen LogP contribution < -0.4 is 5.32 Å². The summed E-state index contributed by atoms with van der Waals surface area (Å²) in [6.07, 6.45) is 1.78. The number of carbonyl (C=O) groups is 1. The van der Waals surface area contributed by atoms with Crippen LogP contribution in [0, 0.1) is 0 Å². The average Bonchev–Trinajstić information content (AvgIpc) is 2.97. The van der Waals surface area contributed by atoms with Gasteiger partial charge in [-0.15, -0.1) is 0 Å². The summed E-state index contributed by atoms with van der Waals surface area (Å²) in [5.74, 6) is -0.155. The Labute approximate surface area is 164 Å². The first-order chi connectivity index (χ1) is 13.8. The van der Waals surface area contributed by atoms with Gasteiger partial charge in [0.05, 0.1) is 11.3 Å². The fourth-order valence-corrected chi connectivity index (χ4v) is 3.13. The Hall–Kier alpha value is -3.42. The molecular formula is C21H17F3N4O. The molecule has 0 saturated carbocycles. The number of fused-ring (bicyclic) bond motifs is 1. The maximum Gasteiger partial charge on any atom is 0.417 e. The molecule has 1 aromatic carbocycles. The van der Waals surface area contributed by atoms with Crippen LogP contribution in [0.1, 0.15) is 30.4 Å². The van der Waals surface area contributed by atoms with E-state index in [1.165, 1.54) is 0 Å². The third-order valence-corrected chi connectivity index (χ3v) is 4.73. The largest absolute Gasteiger partial charge is 0.417 e. The molecule has 8 heteroatoms. The van der Waals surface area contributed by atoms with Gasteiger partial charge in [-0.05, 0) is 29.7 Å². The SMILES string of the molecule is C[C@H](CC(=O)Nc1nc2cc(C(F)(F)F)cnc2n1C1=CC=C1)c1ccccc1. The number of pyridine rings is 1. The van der Waals surface area contributed by atoms with Crippen molar-refractivity contribution in [2.24, 2.45) is 0 Å². The first-order valence-electron chi connectivity index (χ1n) is 9.02. The normalized spacial score (nSPS) is 14.4. The van der Waals surface area contributed by atoms with Gasteiger partial charge in [0.15, 0.2) is 5.65 Å². The minimum absolute atomic E-state index is 0.0215. The van der Waals surface area contributed by atoms with Gasteiger partial charge >= 0.3 is 6.18 Å². The van der Waals surface area contributed by atoms with E-state index in [0.29, 0.717) is 5.70 Å². The summed E-state index contributed by atoms with van der Waals surface area (Å²) in [7, 11) is 0. The van der Waals surface area contributed by atoms with Crippen molar-refractivity contribution in [2.45, 2.75) is 25.4 Å². The Bertz CT molecular complexity index is 1130. The van der Waals surface area contributed by atoms with E-state index in [0.717, 1.165) is 17.8 Å². The van der Waals surface area contributed by atoms with E-state index in [2.05, 4.69) is 15.3 Å². The van der Waals surface area contributed by atoms with Gasteiger partial charge in [0, 0.05) is 12.6 Å². The van der Waals surface area contributed by atoms with E-state index in [1.54, 1.807) is 22.8 Å². The molecule has 4 rings (SSSR count). The molecule has 148 valence electrons. The molecule has 2 aromatic heterocycles. The highest BCUT2D eigenvalue weighted by Gasteiger charge is 2.32. The number of rotatable bonds is 5. The Kier molecular flexibility index (Phi) is 4.70. The van der Waals surface area contributed by atoms with Crippen LogP contribution in [-0.2, 0) is 11.0 Å². The number of imidazole rings is 1. The first kappa shape index (κ1) is 18.9. The van der Waals surface area contributed by atoms with Gasteiger partial charge in [-0.1, -0.05) is 43.3 Å². The maximum absolute atomic E-state index is 13.0. The summed E-state index contributed by atoms with van der Waals surface area (Å²) in [5.41, 5.74) is 1.14. The molecule has 1 amide bonds. The van der Waals surface area contributed by atoms with Gasteiger partial charge < -0.3 is 0 Å². The predicted molar refractivity (Wildman–Crippen MR) is 104 cm³/mol. The monoisotopic (exact) mass is 398 g/mol. The second-order valence-corrected chi connectivity index (χ2v) is 6.85. The van der Waals surface area contributed by atoms with Crippen LogP contribution in [0.3, 0.4) is 0 Å². The Morgan fingerprint density at radius 2 is 1.97 bits per heavy atom. The third kappa shape index (κ3) is 3.78. The van der Waals surface area contributed by atoms with Crippen LogP contribution in [-0.4, -0.2) is 20.4 Å². The van der Waals surface area contributed by atoms with Crippen molar-refractivity contribution in [1.82, 2.24) is 14.5 Å². The molecule has 29 heavy (non-hydrogen) atoms. The number of amides is 1. The molecule has 1 N–H and O–H groups in total. The van der Waals surface area contributed by atoms with E-state index in [4.69, 9.17) is 0 Å². The Balaban J connectivity index is 1.63. The minimum atomic E-state index is -4.52. The van der Waals surface area contributed by atoms with Crippen molar-refractivity contribution >= 4 is 28.7 Å². The average molecular weight is 398 g/mol. The highest BCUT2D eigenvalue weighted by atomic mass is 19.4. The van der Waals surface area contributed by atoms with Gasteiger partial charge in [0.25, 0.3) is 0 Å². The Morgan fingerprint density at radius 3 is 2.59 bits per heavy atom. The van der Waals surface area contributed by atoms with Crippen molar-refractivity contribution in [3.05, 3.63) is 72.0 Å². The molecule has 3 aromatic rings. The van der Waals surface area contributed by atoms with Crippen LogP contribution in [0.4, 0.5) is 19.1 Å². The van der Waals surface area contributed by atoms with Gasteiger partial charge in [-0.25, -0.2) is 9.97 Å². The highest BCUT2D eigenvalue weighted by Crippen LogP contribution is 2.33. The quantitative estimate of drug-likeness (QED) is 0.659. The fraction of sp³-hybridized carbons (Fsp3) is 0.190. The minimum Gasteiger partial charge on any atom is -0.296 e. The van der Waals surface area contributed by atoms with Crippen LogP contribution in [0.5, 0.6) is 0 Å². The van der Waals surface area contributed by atoms with E-state index < -0.39 is 11.7 Å². The predicted octanol–water partition coefficient (Wildman–Crippen LogP) is 4.99. The number of benzene rings is 1. The zero-order valence-electron chi connectivity index (χ0n) is 15.4. The number of halogens is 3. The molecule has 5 nitrogen and oxygen atoms in total. The number of allylic oxidation sites excluding steroid dienone is 4. The lowest BCUT2D eigenvalue weighted by Crippen LogP contribution is -2.18. The summed E-state index contributed by atoms with van der Waals surface area (Å²) in [6.45, 7) is 1.94. The molecule has 0 radical (unpaired) electrons. The highest BCUT2D eigenvalue weighted by molar-refractivity contribution is 5.94. The second kappa shape index (κ2) is 7.20. The van der Waals surface area contributed by atoms with Crippen LogP contribution in [0.25, 0.3) is 16.9 Å². The molecule has 0 bridgehead atoms. The van der Waals surface area contributed by atoms with E-state index >= 15 is 0 Å². The molecule has 2 heterocycles. The molecule has 0 aliphatic heterocycles. The number of nitrogens with zero attached hydrogens (tertiary/aromatic N) is 3. The van der Waals surface area contributed by atoms with Crippen LogP contribution >= 0.6 is 0 Å². The molecule has 1 aliphatic rings. The summed E-state index contributed by atoms with van der Waals surface area (Å²) in [6, 6.07) is 10.5. The van der Waals surface area contributed by atoms with Gasteiger partial charge in [0.2, 0.25) is 11.9 Å². The van der Waals surface area contributed by atoms with E-state index in [-0.39, 0.29) is 35.4 Å². The number of carbonyl (C=O) groups excluding carboxylic acids is 1. The van der Waals surface area contributed by atoms with E-state index in [9.17, 15) is 18.0 Å². The number of anilines is 1. The number of aromatic nitrogens is 3. The molecule has 0 saturated heterocycles. The fourth-order valence-electron chi connectivity index (χ4n) is 3.13. The lowest BCUT2D eigenvalue weighted by molar-refractivity contribution is -0.137. The second-order valence-electron chi connectivity index (χ2n) is 6.85. The van der Waals surface area contributed by atoms with Gasteiger partial charge in [-0.2, -0.15) is 13.2 Å². The number of hydrogen-bond donors (Lipinski definition) is 1. The molecule has 1 aliphatic carbocycles. The summed E-state index contributed by atoms with van der Waals surface area (Å²) in [5, 5.41) is 2.72. The number of hydrogen-bond acceptors (Lipinski definition) is 3. The molecule has 0 unspecified atom stereocenters. The summed E-state index contributed by atoms with van der Waals surface area (Å²) < 4.78 is 40.6. The number of alkyl halides is 3. The maximum atomic E-state index is 13.0. The standard InChI is InChI=1S/C21H17F3N4O/c1-13(14-6-3-2-4-7-14)10-18(29)27-20-26-17-11-15(21(22,23)24)12-25-19(17)28(20)16-8-5-9-16/h2-9,11-13H,10H2,1H3,(H,26,27,29)/t13-/m1/s1. The first-order valence-corrected chi connectivity index (χ1v) is 9.02. The van der Waals surface area contributed by atoms with Crippen molar-refractivity contribution in [3.8, 4) is 0 Å².